The van der Waals surface area contributed by atoms with Gasteiger partial charge in [0.15, 0.2) is 0 Å². The zero-order valence-corrected chi connectivity index (χ0v) is 18.7. The highest BCUT2D eigenvalue weighted by molar-refractivity contribution is 5.78. The summed E-state index contributed by atoms with van der Waals surface area (Å²) in [5.74, 6) is 0.936. The van der Waals surface area contributed by atoms with E-state index in [9.17, 15) is 15.0 Å². The first-order chi connectivity index (χ1) is 14.5. The molecule has 0 heterocycles. The molecule has 2 rings (SSSR count). The molecule has 2 N–H and O–H groups in total. The van der Waals surface area contributed by atoms with Crippen molar-refractivity contribution in [1.29, 1.82) is 0 Å². The van der Waals surface area contributed by atoms with E-state index in [-0.39, 0.29) is 16.9 Å². The monoisotopic (exact) mass is 410 g/mol. The third kappa shape index (κ3) is 7.51. The highest BCUT2D eigenvalue weighted by Crippen LogP contribution is 2.38. The third-order valence-electron chi connectivity index (χ3n) is 6.20. The van der Waals surface area contributed by atoms with Crippen molar-refractivity contribution in [2.24, 2.45) is 0 Å². The first kappa shape index (κ1) is 24.0. The largest absolute Gasteiger partial charge is 0.508 e. The van der Waals surface area contributed by atoms with Gasteiger partial charge in [-0.1, -0.05) is 76.6 Å². The van der Waals surface area contributed by atoms with E-state index in [1.54, 1.807) is 24.3 Å². The number of carbonyl (C=O) groups is 1. The lowest BCUT2D eigenvalue weighted by molar-refractivity contribution is -0.119. The zero-order valence-electron chi connectivity index (χ0n) is 18.7. The van der Waals surface area contributed by atoms with Gasteiger partial charge in [-0.2, -0.15) is 0 Å². The van der Waals surface area contributed by atoms with E-state index in [0.29, 0.717) is 12.2 Å². The molecule has 164 valence electrons. The Labute approximate surface area is 182 Å². The number of Topliss-reactive ketones (excluding diaryl/α,β-unsaturated/α-hetero) is 1. The van der Waals surface area contributed by atoms with Crippen LogP contribution in [0.5, 0.6) is 11.5 Å². The van der Waals surface area contributed by atoms with Crippen molar-refractivity contribution < 1.29 is 15.0 Å². The smallest absolute Gasteiger partial charge is 0.132 e. The van der Waals surface area contributed by atoms with E-state index < -0.39 is 0 Å². The number of carbonyl (C=O) groups excluding carboxylic acids is 1. The topological polar surface area (TPSA) is 57.5 Å². The van der Waals surface area contributed by atoms with Gasteiger partial charge in [-0.05, 0) is 54.7 Å². The van der Waals surface area contributed by atoms with E-state index in [4.69, 9.17) is 0 Å². The number of aromatic hydroxyl groups is 2. The predicted octanol–water partition coefficient (Wildman–Crippen LogP) is 7.28. The summed E-state index contributed by atoms with van der Waals surface area (Å²) in [5, 5.41) is 19.3. The molecular formula is C27H38O3. The maximum absolute atomic E-state index is 12.1. The number of hydrogen-bond acceptors (Lipinski definition) is 3. The molecule has 2 aromatic rings. The van der Waals surface area contributed by atoms with Crippen molar-refractivity contribution in [3.8, 4) is 11.5 Å². The molecule has 0 saturated carbocycles. The summed E-state index contributed by atoms with van der Waals surface area (Å²) < 4.78 is 0. The fourth-order valence-corrected chi connectivity index (χ4v) is 4.14. The molecule has 0 amide bonds. The number of unbranched alkanes of at least 4 members (excludes halogenated alkanes) is 6. The van der Waals surface area contributed by atoms with Crippen molar-refractivity contribution in [1.82, 2.24) is 0 Å². The van der Waals surface area contributed by atoms with Crippen LogP contribution in [0.25, 0.3) is 0 Å². The van der Waals surface area contributed by atoms with Crippen LogP contribution in [0.1, 0.15) is 95.6 Å². The van der Waals surface area contributed by atoms with Gasteiger partial charge in [0.05, 0.1) is 0 Å². The molecule has 30 heavy (non-hydrogen) atoms. The van der Waals surface area contributed by atoms with Crippen LogP contribution in [0.2, 0.25) is 0 Å². The van der Waals surface area contributed by atoms with Gasteiger partial charge < -0.3 is 10.2 Å². The number of phenols is 2. The van der Waals surface area contributed by atoms with Gasteiger partial charge in [0.2, 0.25) is 0 Å². The molecule has 0 aromatic heterocycles. The Kier molecular flexibility index (Phi) is 9.93. The minimum absolute atomic E-state index is 0.204. The van der Waals surface area contributed by atoms with Gasteiger partial charge in [0.25, 0.3) is 0 Å². The summed E-state index contributed by atoms with van der Waals surface area (Å²) in [6.07, 6.45) is 11.4. The Morgan fingerprint density at radius 2 is 1.13 bits per heavy atom. The molecule has 0 radical (unpaired) electrons. The van der Waals surface area contributed by atoms with Crippen LogP contribution in [-0.2, 0) is 10.2 Å². The summed E-state index contributed by atoms with van der Waals surface area (Å²) in [6.45, 7) is 4.42. The molecule has 0 unspecified atom stereocenters. The van der Waals surface area contributed by atoms with Crippen molar-refractivity contribution in [3.63, 3.8) is 0 Å². The standard InChI is InChI=1S/C27H38O3/c1-3-4-5-6-8-11-24(28)12-9-7-10-21-27(2,22-13-17-25(29)18-14-22)23-15-19-26(30)20-16-23/h13-20,29-30H,3-12,21H2,1-2H3. The number of hydrogen-bond donors (Lipinski definition) is 2. The van der Waals surface area contributed by atoms with Crippen LogP contribution in [-0.4, -0.2) is 16.0 Å². The Morgan fingerprint density at radius 3 is 1.60 bits per heavy atom. The van der Waals surface area contributed by atoms with Crippen molar-refractivity contribution >= 4 is 5.78 Å². The van der Waals surface area contributed by atoms with Gasteiger partial charge in [-0.15, -0.1) is 0 Å². The molecule has 3 heteroatoms. The van der Waals surface area contributed by atoms with Crippen molar-refractivity contribution in [2.75, 3.05) is 0 Å². The lowest BCUT2D eigenvalue weighted by atomic mass is 9.72. The molecule has 0 spiro atoms. The Hall–Kier alpha value is -2.29. The minimum atomic E-state index is -0.204. The van der Waals surface area contributed by atoms with Gasteiger partial charge >= 0.3 is 0 Å². The summed E-state index contributed by atoms with van der Waals surface area (Å²) >= 11 is 0. The van der Waals surface area contributed by atoms with Gasteiger partial charge in [0, 0.05) is 18.3 Å². The second kappa shape index (κ2) is 12.4. The van der Waals surface area contributed by atoms with Crippen LogP contribution >= 0.6 is 0 Å². The normalized spacial score (nSPS) is 11.5. The highest BCUT2D eigenvalue weighted by atomic mass is 16.3. The first-order valence-corrected chi connectivity index (χ1v) is 11.6. The Balaban J connectivity index is 1.86. The van der Waals surface area contributed by atoms with Crippen LogP contribution < -0.4 is 0 Å². The van der Waals surface area contributed by atoms with E-state index in [1.165, 1.54) is 25.7 Å². The average Bonchev–Trinajstić information content (AvgIpc) is 2.74. The highest BCUT2D eigenvalue weighted by Gasteiger charge is 2.28. The fourth-order valence-electron chi connectivity index (χ4n) is 4.14. The predicted molar refractivity (Wildman–Crippen MR) is 124 cm³/mol. The third-order valence-corrected chi connectivity index (χ3v) is 6.20. The molecule has 0 bridgehead atoms. The van der Waals surface area contributed by atoms with E-state index in [0.717, 1.165) is 49.7 Å². The Morgan fingerprint density at radius 1 is 0.700 bits per heavy atom. The van der Waals surface area contributed by atoms with Crippen LogP contribution in [0.3, 0.4) is 0 Å². The lowest BCUT2D eigenvalue weighted by Crippen LogP contribution is -2.23. The van der Waals surface area contributed by atoms with Gasteiger partial charge in [-0.25, -0.2) is 0 Å². The first-order valence-electron chi connectivity index (χ1n) is 11.6. The number of phenolic OH excluding ortho intramolecular Hbond substituents is 2. The van der Waals surface area contributed by atoms with E-state index >= 15 is 0 Å². The number of benzene rings is 2. The lowest BCUT2D eigenvalue weighted by Gasteiger charge is -2.31. The molecule has 0 fully saturated rings. The summed E-state index contributed by atoms with van der Waals surface area (Å²) in [5.41, 5.74) is 2.09. The van der Waals surface area contributed by atoms with E-state index in [2.05, 4.69) is 13.8 Å². The van der Waals surface area contributed by atoms with Gasteiger partial charge in [0.1, 0.15) is 17.3 Å². The number of ketones is 1. The molecule has 0 saturated heterocycles. The van der Waals surface area contributed by atoms with E-state index in [1.807, 2.05) is 24.3 Å². The van der Waals surface area contributed by atoms with Crippen molar-refractivity contribution in [2.45, 2.75) is 89.9 Å². The maximum Gasteiger partial charge on any atom is 0.132 e. The fraction of sp³-hybridized carbons (Fsp3) is 0.519. The van der Waals surface area contributed by atoms with Gasteiger partial charge in [-0.3, -0.25) is 4.79 Å². The van der Waals surface area contributed by atoms with Crippen molar-refractivity contribution in [3.05, 3.63) is 59.7 Å². The molecular weight excluding hydrogens is 372 g/mol. The SMILES string of the molecule is CCCCCCCC(=O)CCCCCC(C)(c1ccc(O)cc1)c1ccc(O)cc1. The summed E-state index contributed by atoms with van der Waals surface area (Å²) in [6, 6.07) is 14.8. The quantitative estimate of drug-likeness (QED) is 0.322. The molecule has 2 aromatic carbocycles. The maximum atomic E-state index is 12.1. The second-order valence-electron chi connectivity index (χ2n) is 8.69. The molecule has 0 aliphatic carbocycles. The molecule has 3 nitrogen and oxygen atoms in total. The summed E-state index contributed by atoms with van der Waals surface area (Å²) in [4.78, 5) is 12.1. The van der Waals surface area contributed by atoms with Crippen LogP contribution in [0.4, 0.5) is 0 Å². The molecule has 0 aliphatic heterocycles. The zero-order chi connectivity index (χ0) is 21.8. The molecule has 0 atom stereocenters. The second-order valence-corrected chi connectivity index (χ2v) is 8.69. The van der Waals surface area contributed by atoms with Crippen LogP contribution in [0.15, 0.2) is 48.5 Å². The molecule has 0 aliphatic rings. The van der Waals surface area contributed by atoms with Crippen LogP contribution in [0, 0.1) is 0 Å². The number of rotatable bonds is 14. The average molecular weight is 411 g/mol. The Bertz CT molecular complexity index is 701. The minimum Gasteiger partial charge on any atom is -0.508 e. The summed E-state index contributed by atoms with van der Waals surface area (Å²) in [7, 11) is 0.